The Labute approximate surface area is 570 Å². The van der Waals surface area contributed by atoms with E-state index in [0.717, 1.165) is 83.5 Å². The normalized spacial score (nSPS) is 13.1. The number of carboxylic acid groups (broad SMARTS) is 1. The minimum absolute atomic E-state index is 0.178. The minimum atomic E-state index is -1.51. The molecule has 0 heterocycles. The predicted molar refractivity (Wildman–Crippen MR) is 396 cm³/mol. The molecule has 0 saturated carbocycles. The van der Waals surface area contributed by atoms with E-state index in [1.807, 2.05) is 21.1 Å². The zero-order chi connectivity index (χ0) is 66.8. The molecule has 0 aromatic rings. The van der Waals surface area contributed by atoms with Gasteiger partial charge in [0.05, 0.1) is 34.4 Å². The summed E-state index contributed by atoms with van der Waals surface area (Å²) in [6.45, 7) is 4.83. The van der Waals surface area contributed by atoms with E-state index in [0.29, 0.717) is 17.4 Å². The second-order valence-corrected chi connectivity index (χ2v) is 27.7. The molecule has 0 aliphatic carbocycles. The minimum Gasteiger partial charge on any atom is -0.477 e. The number of likely N-dealkylation sites (N-methyl/N-ethyl adjacent to an activating group) is 1. The van der Waals surface area contributed by atoms with E-state index in [4.69, 9.17) is 18.9 Å². The average Bonchev–Trinajstić information content (AvgIpc) is 3.70. The van der Waals surface area contributed by atoms with Gasteiger partial charge in [0, 0.05) is 12.8 Å². The van der Waals surface area contributed by atoms with E-state index in [1.54, 1.807) is 0 Å². The van der Waals surface area contributed by atoms with Gasteiger partial charge in [0.2, 0.25) is 0 Å². The molecule has 0 aromatic heterocycles. The van der Waals surface area contributed by atoms with Crippen LogP contribution in [0.1, 0.15) is 367 Å². The molecule has 0 aliphatic heterocycles. The second kappa shape index (κ2) is 73.3. The van der Waals surface area contributed by atoms with Crippen molar-refractivity contribution >= 4 is 17.9 Å². The highest BCUT2D eigenvalue weighted by atomic mass is 16.7. The Morgan fingerprint density at radius 3 is 0.924 bits per heavy atom. The molecule has 0 saturated heterocycles. The molecule has 9 heteroatoms. The largest absolute Gasteiger partial charge is 0.477 e. The molecule has 0 bridgehead atoms. The highest BCUT2D eigenvalue weighted by Crippen LogP contribution is 2.19. The van der Waals surface area contributed by atoms with Gasteiger partial charge in [0.1, 0.15) is 13.2 Å². The monoisotopic (exact) mass is 1290 g/mol. The van der Waals surface area contributed by atoms with Gasteiger partial charge in [-0.05, 0) is 70.6 Å². The van der Waals surface area contributed by atoms with Crippen LogP contribution in [-0.4, -0.2) is 87.4 Å². The number of esters is 2. The van der Waals surface area contributed by atoms with Crippen molar-refractivity contribution in [1.82, 2.24) is 0 Å². The lowest BCUT2D eigenvalue weighted by Crippen LogP contribution is -2.40. The number of unbranched alkanes of at least 4 members (excludes halogenated alkanes) is 44. The van der Waals surface area contributed by atoms with Gasteiger partial charge >= 0.3 is 17.9 Å². The van der Waals surface area contributed by atoms with Crippen LogP contribution in [0.25, 0.3) is 0 Å². The molecule has 0 amide bonds. The fourth-order valence-electron chi connectivity index (χ4n) is 11.5. The lowest BCUT2D eigenvalue weighted by molar-refractivity contribution is -0.870. The van der Waals surface area contributed by atoms with E-state index in [2.05, 4.69) is 98.9 Å². The number of ether oxygens (including phenoxy) is 4. The lowest BCUT2D eigenvalue weighted by atomic mass is 10.0. The van der Waals surface area contributed by atoms with Crippen molar-refractivity contribution in [2.24, 2.45) is 0 Å². The van der Waals surface area contributed by atoms with Crippen LogP contribution in [0, 0.1) is 0 Å². The van der Waals surface area contributed by atoms with Gasteiger partial charge in [0.25, 0.3) is 6.29 Å². The van der Waals surface area contributed by atoms with Gasteiger partial charge in [-0.3, -0.25) is 9.59 Å². The maximum absolute atomic E-state index is 13.0. The lowest BCUT2D eigenvalue weighted by Gasteiger charge is -2.25. The molecule has 1 N–H and O–H groups in total. The van der Waals surface area contributed by atoms with Crippen LogP contribution in [0.15, 0.2) is 85.1 Å². The first-order chi connectivity index (χ1) is 45.1. The van der Waals surface area contributed by atoms with Gasteiger partial charge in [-0.25, -0.2) is 4.79 Å². The van der Waals surface area contributed by atoms with Crippen molar-refractivity contribution in [1.29, 1.82) is 0 Å². The molecule has 92 heavy (non-hydrogen) atoms. The van der Waals surface area contributed by atoms with Crippen LogP contribution in [-0.2, 0) is 33.3 Å². The number of nitrogens with zero attached hydrogens (tertiary/aromatic N) is 1. The summed E-state index contributed by atoms with van der Waals surface area (Å²) in [5.41, 5.74) is 0. The van der Waals surface area contributed by atoms with Gasteiger partial charge in [-0.1, -0.05) is 369 Å². The summed E-state index contributed by atoms with van der Waals surface area (Å²) >= 11 is 0. The standard InChI is InChI=1S/C83H149NO8/c1-6-8-10-12-14-16-18-20-22-24-26-28-30-32-34-35-36-37-38-39-40-41-42-43-44-45-46-47-48-50-52-54-56-58-60-62-64-66-68-70-72-74-81(86)92-79(78-91-83(82(87)88)89-76-75-84(3,4)5)77-90-80(85)73-71-69-67-65-63-61-59-57-55-53-51-49-33-31-29-27-25-23-21-19-17-15-13-11-9-7-2/h8,10,14,16,20,22,26,28,32,34,36-37,39-40,79,83H,6-7,9,11-13,15,17-19,21,23-25,27,29-31,33,35,38,41-78H2,1-5H3/p+1/b10-8-,16-14-,22-20-,28-26-,34-32-,37-36-,40-39-. The van der Waals surface area contributed by atoms with Crippen LogP contribution in [0.4, 0.5) is 0 Å². The Kier molecular flexibility index (Phi) is 70.5. The number of carbonyl (C=O) groups excluding carboxylic acids is 2. The average molecular weight is 1290 g/mol. The molecule has 534 valence electrons. The van der Waals surface area contributed by atoms with Gasteiger partial charge in [-0.2, -0.15) is 0 Å². The molecule has 0 fully saturated rings. The molecular formula is C83H150NO8+. The third-order valence-corrected chi connectivity index (χ3v) is 17.4. The van der Waals surface area contributed by atoms with Gasteiger partial charge in [-0.15, -0.1) is 0 Å². The van der Waals surface area contributed by atoms with Crippen molar-refractivity contribution in [3.8, 4) is 0 Å². The summed E-state index contributed by atoms with van der Waals surface area (Å²) in [7, 11) is 5.99. The van der Waals surface area contributed by atoms with Gasteiger partial charge < -0.3 is 28.5 Å². The molecule has 0 rings (SSSR count). The highest BCUT2D eigenvalue weighted by molar-refractivity contribution is 5.71. The first-order valence-electron chi connectivity index (χ1n) is 39.3. The third-order valence-electron chi connectivity index (χ3n) is 17.4. The highest BCUT2D eigenvalue weighted by Gasteiger charge is 2.25. The molecule has 0 spiro atoms. The second-order valence-electron chi connectivity index (χ2n) is 27.7. The van der Waals surface area contributed by atoms with Gasteiger partial charge in [0.15, 0.2) is 6.10 Å². The van der Waals surface area contributed by atoms with E-state index >= 15 is 0 Å². The Hall–Kier alpha value is -3.53. The topological polar surface area (TPSA) is 108 Å². The van der Waals surface area contributed by atoms with Crippen molar-refractivity contribution in [2.45, 2.75) is 379 Å². The Balaban J connectivity index is 3.99. The van der Waals surface area contributed by atoms with E-state index < -0.39 is 18.4 Å². The third kappa shape index (κ3) is 73.9. The van der Waals surface area contributed by atoms with Crippen LogP contribution in [0.3, 0.4) is 0 Å². The quantitative estimate of drug-likeness (QED) is 0.0211. The van der Waals surface area contributed by atoms with Crippen molar-refractivity contribution < 1.29 is 42.9 Å². The summed E-state index contributed by atoms with van der Waals surface area (Å²) in [5.74, 6) is -1.98. The molecular weight excluding hydrogens is 1140 g/mol. The zero-order valence-electron chi connectivity index (χ0n) is 61.2. The number of hydrogen-bond acceptors (Lipinski definition) is 7. The molecule has 9 nitrogen and oxygen atoms in total. The van der Waals surface area contributed by atoms with Crippen molar-refractivity contribution in [2.75, 3.05) is 47.5 Å². The van der Waals surface area contributed by atoms with Crippen LogP contribution >= 0.6 is 0 Å². The van der Waals surface area contributed by atoms with Crippen LogP contribution in [0.5, 0.6) is 0 Å². The molecule has 0 aromatic carbocycles. The summed E-state index contributed by atoms with van der Waals surface area (Å²) in [4.78, 5) is 37.7. The van der Waals surface area contributed by atoms with Crippen LogP contribution in [0.2, 0.25) is 0 Å². The van der Waals surface area contributed by atoms with E-state index in [9.17, 15) is 19.5 Å². The fourth-order valence-corrected chi connectivity index (χ4v) is 11.5. The Morgan fingerprint density at radius 2 is 0.620 bits per heavy atom. The van der Waals surface area contributed by atoms with E-state index in [-0.39, 0.29) is 38.2 Å². The summed E-state index contributed by atoms with van der Waals surface area (Å²) in [6.07, 6.45) is 97.3. The molecule has 2 unspecified atom stereocenters. The maximum atomic E-state index is 13.0. The van der Waals surface area contributed by atoms with Crippen molar-refractivity contribution in [3.63, 3.8) is 0 Å². The number of carboxylic acids is 1. The fraction of sp³-hybridized carbons (Fsp3) is 0.795. The predicted octanol–water partition coefficient (Wildman–Crippen LogP) is 25.0. The maximum Gasteiger partial charge on any atom is 0.361 e. The van der Waals surface area contributed by atoms with Crippen LogP contribution < -0.4 is 0 Å². The first kappa shape index (κ1) is 88.5. The SMILES string of the molecule is CC/C=C\C/C=C\C/C=C\C/C=C\C/C=C\C/C=C\C/C=C\CCCCCCCCCCCCCCCCCCCCCC(=O)OC(COC(=O)CCCCCCCCCCCCCCCCCCCCCCCCCCCC)COC(OCC[N+](C)(C)C)C(=O)O. The summed E-state index contributed by atoms with van der Waals surface area (Å²) in [5, 5.41) is 9.77. The number of carbonyl (C=O) groups is 3. The molecule has 0 aliphatic rings. The Bertz CT molecular complexity index is 1790. The smallest absolute Gasteiger partial charge is 0.361 e. The number of hydrogen-bond donors (Lipinski definition) is 1. The first-order valence-corrected chi connectivity index (χ1v) is 39.3. The summed E-state index contributed by atoms with van der Waals surface area (Å²) in [6, 6.07) is 0. The summed E-state index contributed by atoms with van der Waals surface area (Å²) < 4.78 is 23.0. The Morgan fingerprint density at radius 1 is 0.337 bits per heavy atom. The molecule has 0 radical (unpaired) electrons. The zero-order valence-corrected chi connectivity index (χ0v) is 61.2. The van der Waals surface area contributed by atoms with E-state index in [1.165, 1.54) is 257 Å². The number of rotatable bonds is 73. The number of allylic oxidation sites excluding steroid dienone is 14. The number of quaternary nitrogens is 1. The number of aliphatic carboxylic acids is 1. The van der Waals surface area contributed by atoms with Crippen molar-refractivity contribution in [3.05, 3.63) is 85.1 Å². The molecule has 2 atom stereocenters.